The molecule has 0 spiro atoms. The molecule has 1 aromatic heterocycles. The van der Waals surface area contributed by atoms with Crippen molar-refractivity contribution in [1.29, 1.82) is 0 Å². The Balaban J connectivity index is 2.57. The first-order chi connectivity index (χ1) is 8.49. The molecule has 0 aliphatic heterocycles. The number of carboxylic acid groups (broad SMARTS) is 1. The molecule has 0 amide bonds. The predicted octanol–water partition coefficient (Wildman–Crippen LogP) is 1.53. The number of nitrogens with zero attached hydrogens (tertiary/aromatic N) is 4. The summed E-state index contributed by atoms with van der Waals surface area (Å²) in [6.45, 7) is 0. The van der Waals surface area contributed by atoms with Gasteiger partial charge in [-0.15, -0.1) is 5.10 Å². The monoisotopic (exact) mass is 268 g/mol. The molecule has 9 heteroatoms. The molecule has 0 bridgehead atoms. The standard InChI is InChI=1S/C9H5ClN4O4/c10-5-2-1-3-6(4-5)13-11-7(9(15)16)8(12-13)14(17)18/h1-4H,(H,15,16). The normalized spacial score (nSPS) is 10.3. The summed E-state index contributed by atoms with van der Waals surface area (Å²) in [6, 6.07) is 6.19. The van der Waals surface area contributed by atoms with Crippen LogP contribution in [0.3, 0.4) is 0 Å². The molecule has 0 saturated heterocycles. The van der Waals surface area contributed by atoms with E-state index in [0.717, 1.165) is 4.80 Å². The molecule has 92 valence electrons. The molecule has 0 fully saturated rings. The van der Waals surface area contributed by atoms with Gasteiger partial charge in [-0.2, -0.15) is 0 Å². The first kappa shape index (κ1) is 12.0. The van der Waals surface area contributed by atoms with Crippen molar-refractivity contribution >= 4 is 23.4 Å². The number of hydrogen-bond acceptors (Lipinski definition) is 5. The number of rotatable bonds is 3. The van der Waals surface area contributed by atoms with Crippen molar-refractivity contribution in [2.45, 2.75) is 0 Å². The third kappa shape index (κ3) is 2.13. The third-order valence-electron chi connectivity index (χ3n) is 2.01. The second-order valence-electron chi connectivity index (χ2n) is 3.20. The number of carboxylic acids is 1. The van der Waals surface area contributed by atoms with E-state index in [1.807, 2.05) is 0 Å². The van der Waals surface area contributed by atoms with E-state index >= 15 is 0 Å². The van der Waals surface area contributed by atoms with Gasteiger partial charge in [-0.05, 0) is 23.1 Å². The van der Waals surface area contributed by atoms with Gasteiger partial charge in [0.1, 0.15) is 5.69 Å². The third-order valence-corrected chi connectivity index (χ3v) is 2.25. The molecule has 2 aromatic rings. The average molecular weight is 269 g/mol. The second-order valence-corrected chi connectivity index (χ2v) is 3.64. The number of nitro groups is 1. The maximum Gasteiger partial charge on any atom is 0.425 e. The summed E-state index contributed by atoms with van der Waals surface area (Å²) >= 11 is 5.75. The Morgan fingerprint density at radius 2 is 2.17 bits per heavy atom. The molecular formula is C9H5ClN4O4. The smallest absolute Gasteiger partial charge is 0.425 e. The molecule has 1 heterocycles. The zero-order valence-corrected chi connectivity index (χ0v) is 9.40. The van der Waals surface area contributed by atoms with E-state index in [0.29, 0.717) is 10.7 Å². The summed E-state index contributed by atoms with van der Waals surface area (Å²) in [5.41, 5.74) is -0.391. The molecule has 8 nitrogen and oxygen atoms in total. The van der Waals surface area contributed by atoms with Crippen molar-refractivity contribution in [3.63, 3.8) is 0 Å². The summed E-state index contributed by atoms with van der Waals surface area (Å²) in [5.74, 6) is -2.34. The van der Waals surface area contributed by atoms with Gasteiger partial charge in [0, 0.05) is 5.02 Å². The quantitative estimate of drug-likeness (QED) is 0.667. The Hall–Kier alpha value is -2.48. The van der Waals surface area contributed by atoms with E-state index in [4.69, 9.17) is 16.7 Å². The van der Waals surface area contributed by atoms with Gasteiger partial charge >= 0.3 is 11.8 Å². The van der Waals surface area contributed by atoms with Crippen molar-refractivity contribution in [2.75, 3.05) is 0 Å². The van der Waals surface area contributed by atoms with Crippen LogP contribution in [0.4, 0.5) is 5.82 Å². The van der Waals surface area contributed by atoms with E-state index in [1.165, 1.54) is 6.07 Å². The van der Waals surface area contributed by atoms with Crippen LogP contribution in [0.1, 0.15) is 10.5 Å². The Labute approximate surface area is 105 Å². The SMILES string of the molecule is O=C(O)c1nn(-c2cccc(Cl)c2)nc1[N+](=O)[O-]. The lowest BCUT2D eigenvalue weighted by Gasteiger charge is -1.94. The summed E-state index contributed by atoms with van der Waals surface area (Å²) in [5, 5.41) is 26.9. The average Bonchev–Trinajstić information content (AvgIpc) is 2.73. The first-order valence-corrected chi connectivity index (χ1v) is 4.98. The highest BCUT2D eigenvalue weighted by atomic mass is 35.5. The Morgan fingerprint density at radius 1 is 1.44 bits per heavy atom. The van der Waals surface area contributed by atoms with Gasteiger partial charge in [0.15, 0.2) is 0 Å². The van der Waals surface area contributed by atoms with Crippen LogP contribution in [-0.2, 0) is 0 Å². The van der Waals surface area contributed by atoms with Gasteiger partial charge in [0.2, 0.25) is 0 Å². The lowest BCUT2D eigenvalue weighted by Crippen LogP contribution is -2.02. The van der Waals surface area contributed by atoms with Crippen molar-refractivity contribution in [1.82, 2.24) is 15.0 Å². The molecule has 0 atom stereocenters. The van der Waals surface area contributed by atoms with Crippen LogP contribution in [0.25, 0.3) is 5.69 Å². The van der Waals surface area contributed by atoms with Gasteiger partial charge in [-0.3, -0.25) is 0 Å². The lowest BCUT2D eigenvalue weighted by atomic mass is 10.3. The molecule has 2 rings (SSSR count). The Kier molecular flexibility index (Phi) is 2.94. The van der Waals surface area contributed by atoms with Crippen molar-refractivity contribution < 1.29 is 14.8 Å². The molecule has 0 aliphatic carbocycles. The molecule has 0 saturated carbocycles. The number of aromatic carboxylic acids is 1. The van der Waals surface area contributed by atoms with E-state index < -0.39 is 22.4 Å². The molecule has 1 aromatic carbocycles. The Bertz CT molecular complexity index is 608. The van der Waals surface area contributed by atoms with Gasteiger partial charge in [0.25, 0.3) is 5.69 Å². The fourth-order valence-electron chi connectivity index (χ4n) is 1.28. The van der Waals surface area contributed by atoms with E-state index in [9.17, 15) is 14.9 Å². The maximum absolute atomic E-state index is 10.8. The Morgan fingerprint density at radius 3 is 2.67 bits per heavy atom. The highest BCUT2D eigenvalue weighted by Crippen LogP contribution is 2.17. The lowest BCUT2D eigenvalue weighted by molar-refractivity contribution is -0.390. The zero-order chi connectivity index (χ0) is 13.3. The highest BCUT2D eigenvalue weighted by molar-refractivity contribution is 6.30. The van der Waals surface area contributed by atoms with Crippen LogP contribution in [-0.4, -0.2) is 31.0 Å². The van der Waals surface area contributed by atoms with E-state index in [2.05, 4.69) is 10.2 Å². The van der Waals surface area contributed by atoms with E-state index in [1.54, 1.807) is 18.2 Å². The largest absolute Gasteiger partial charge is 0.476 e. The van der Waals surface area contributed by atoms with Gasteiger partial charge in [-0.25, -0.2) is 4.79 Å². The minimum Gasteiger partial charge on any atom is -0.476 e. The number of hydrogen-bond donors (Lipinski definition) is 1. The predicted molar refractivity (Wildman–Crippen MR) is 60.0 cm³/mol. The second kappa shape index (κ2) is 4.41. The zero-order valence-electron chi connectivity index (χ0n) is 8.65. The first-order valence-electron chi connectivity index (χ1n) is 4.60. The number of carbonyl (C=O) groups is 1. The summed E-state index contributed by atoms with van der Waals surface area (Å²) in [7, 11) is 0. The van der Waals surface area contributed by atoms with Crippen LogP contribution >= 0.6 is 11.6 Å². The fraction of sp³-hybridized carbons (Fsp3) is 0. The van der Waals surface area contributed by atoms with Crippen LogP contribution in [0.15, 0.2) is 24.3 Å². The summed E-state index contributed by atoms with van der Waals surface area (Å²) in [6.07, 6.45) is 0. The van der Waals surface area contributed by atoms with Crippen LogP contribution < -0.4 is 0 Å². The minimum atomic E-state index is -1.52. The molecule has 0 aliphatic rings. The van der Waals surface area contributed by atoms with Gasteiger partial charge in [0.05, 0.1) is 5.10 Å². The molecular weight excluding hydrogens is 264 g/mol. The van der Waals surface area contributed by atoms with Crippen molar-refractivity contribution in [2.24, 2.45) is 0 Å². The number of halogens is 1. The topological polar surface area (TPSA) is 111 Å². The summed E-state index contributed by atoms with van der Waals surface area (Å²) < 4.78 is 0. The fourth-order valence-corrected chi connectivity index (χ4v) is 1.46. The molecule has 0 radical (unpaired) electrons. The van der Waals surface area contributed by atoms with Gasteiger partial charge < -0.3 is 15.2 Å². The van der Waals surface area contributed by atoms with E-state index in [-0.39, 0.29) is 0 Å². The van der Waals surface area contributed by atoms with Crippen LogP contribution in [0.5, 0.6) is 0 Å². The highest BCUT2D eigenvalue weighted by Gasteiger charge is 2.29. The van der Waals surface area contributed by atoms with Crippen LogP contribution in [0, 0.1) is 10.1 Å². The molecule has 18 heavy (non-hydrogen) atoms. The minimum absolute atomic E-state index is 0.332. The number of aromatic nitrogens is 3. The maximum atomic E-state index is 10.8. The molecule has 0 unspecified atom stereocenters. The van der Waals surface area contributed by atoms with Gasteiger partial charge in [-0.1, -0.05) is 22.5 Å². The molecule has 1 N–H and O–H groups in total. The summed E-state index contributed by atoms with van der Waals surface area (Å²) in [4.78, 5) is 21.4. The number of benzene rings is 1. The van der Waals surface area contributed by atoms with Crippen molar-refractivity contribution in [3.8, 4) is 5.69 Å². The van der Waals surface area contributed by atoms with Crippen molar-refractivity contribution in [3.05, 3.63) is 45.1 Å². The van der Waals surface area contributed by atoms with Crippen LogP contribution in [0.2, 0.25) is 5.02 Å².